The van der Waals surface area contributed by atoms with Crippen LogP contribution in [-0.2, 0) is 65.4 Å². The molecule has 0 amide bonds. The highest BCUT2D eigenvalue weighted by molar-refractivity contribution is 7.47. The lowest BCUT2D eigenvalue weighted by atomic mass is 10.00. The number of ether oxygens (including phenoxy) is 4. The van der Waals surface area contributed by atoms with Gasteiger partial charge >= 0.3 is 39.5 Å². The van der Waals surface area contributed by atoms with Crippen LogP contribution in [0.4, 0.5) is 0 Å². The molecule has 3 unspecified atom stereocenters. The lowest BCUT2D eigenvalue weighted by molar-refractivity contribution is -0.161. The summed E-state index contributed by atoms with van der Waals surface area (Å²) in [7, 11) is -9.92. The van der Waals surface area contributed by atoms with Crippen molar-refractivity contribution in [3.8, 4) is 0 Å². The Bertz CT molecular complexity index is 1930. The molecule has 0 bridgehead atoms. The Morgan fingerprint density at radius 1 is 0.290 bits per heavy atom. The molecule has 0 aliphatic rings. The van der Waals surface area contributed by atoms with Gasteiger partial charge in [-0.1, -0.05) is 375 Å². The Morgan fingerprint density at radius 2 is 0.510 bits per heavy atom. The van der Waals surface area contributed by atoms with Crippen molar-refractivity contribution in [2.75, 3.05) is 39.6 Å². The van der Waals surface area contributed by atoms with Crippen LogP contribution in [0.1, 0.15) is 427 Å². The molecule has 0 aliphatic carbocycles. The Balaban J connectivity index is 5.21. The van der Waals surface area contributed by atoms with Gasteiger partial charge < -0.3 is 33.8 Å². The fourth-order valence-electron chi connectivity index (χ4n) is 12.5. The van der Waals surface area contributed by atoms with Gasteiger partial charge in [0.25, 0.3) is 0 Å². The summed E-state index contributed by atoms with van der Waals surface area (Å²) in [6.45, 7) is 9.62. The van der Waals surface area contributed by atoms with E-state index in [1.165, 1.54) is 238 Å². The second-order valence-corrected chi connectivity index (χ2v) is 32.8. The van der Waals surface area contributed by atoms with E-state index in [0.29, 0.717) is 25.7 Å². The molecule has 0 fully saturated rings. The molecule has 3 N–H and O–H groups in total. The molecule has 0 aromatic heterocycles. The van der Waals surface area contributed by atoms with Gasteiger partial charge in [0.2, 0.25) is 0 Å². The van der Waals surface area contributed by atoms with Crippen molar-refractivity contribution in [2.45, 2.75) is 445 Å². The van der Waals surface area contributed by atoms with Gasteiger partial charge in [0.15, 0.2) is 12.2 Å². The maximum atomic E-state index is 13.1. The van der Waals surface area contributed by atoms with Gasteiger partial charge in [-0.2, -0.15) is 0 Å². The fourth-order valence-corrected chi connectivity index (χ4v) is 14.1. The summed E-state index contributed by atoms with van der Waals surface area (Å²) >= 11 is 0. The average Bonchev–Trinajstić information content (AvgIpc) is 0.927. The smallest absolute Gasteiger partial charge is 0.462 e. The molecule has 0 heterocycles. The van der Waals surface area contributed by atoms with Crippen molar-refractivity contribution in [1.82, 2.24) is 0 Å². The van der Waals surface area contributed by atoms with Crippen LogP contribution in [0.2, 0.25) is 0 Å². The first-order valence-corrected chi connectivity index (χ1v) is 45.0. The van der Waals surface area contributed by atoms with Crippen LogP contribution in [0.3, 0.4) is 0 Å². The third-order valence-electron chi connectivity index (χ3n) is 19.3. The van der Waals surface area contributed by atoms with Crippen molar-refractivity contribution >= 4 is 39.5 Å². The van der Waals surface area contributed by atoms with E-state index >= 15 is 0 Å². The van der Waals surface area contributed by atoms with Crippen LogP contribution in [-0.4, -0.2) is 96.7 Å². The normalized spacial score (nSPS) is 14.2. The molecule has 594 valence electrons. The highest BCUT2D eigenvalue weighted by Crippen LogP contribution is 2.45. The summed E-state index contributed by atoms with van der Waals surface area (Å²) in [5, 5.41) is 10.6. The van der Waals surface area contributed by atoms with Gasteiger partial charge in [-0.3, -0.25) is 37.3 Å². The topological polar surface area (TPSA) is 237 Å². The first-order valence-electron chi connectivity index (χ1n) is 42.0. The van der Waals surface area contributed by atoms with E-state index in [2.05, 4.69) is 41.5 Å². The summed E-state index contributed by atoms with van der Waals surface area (Å²) in [6.07, 6.45) is 62.6. The van der Waals surface area contributed by atoms with E-state index < -0.39 is 97.5 Å². The Morgan fingerprint density at radius 3 is 0.760 bits per heavy atom. The van der Waals surface area contributed by atoms with Crippen LogP contribution in [0.5, 0.6) is 0 Å². The number of esters is 4. The minimum absolute atomic E-state index is 0.106. The van der Waals surface area contributed by atoms with E-state index in [1.54, 1.807) is 0 Å². The van der Waals surface area contributed by atoms with Crippen LogP contribution >= 0.6 is 15.6 Å². The van der Waals surface area contributed by atoms with Crippen molar-refractivity contribution in [1.29, 1.82) is 0 Å². The molecule has 0 aromatic rings. The highest BCUT2D eigenvalue weighted by atomic mass is 31.2. The quantitative estimate of drug-likeness (QED) is 0.0222. The fraction of sp³-hybridized carbons (Fsp3) is 0.951. The number of hydrogen-bond donors (Lipinski definition) is 3. The second kappa shape index (κ2) is 72.6. The Hall–Kier alpha value is -1.94. The number of aliphatic hydroxyl groups excluding tert-OH is 1. The van der Waals surface area contributed by atoms with E-state index in [0.717, 1.165) is 108 Å². The monoisotopic (exact) mass is 1470 g/mol. The number of aliphatic hydroxyl groups is 1. The summed E-state index contributed by atoms with van der Waals surface area (Å²) < 4.78 is 68.7. The maximum Gasteiger partial charge on any atom is 0.472 e. The zero-order valence-electron chi connectivity index (χ0n) is 65.5. The lowest BCUT2D eigenvalue weighted by Crippen LogP contribution is -2.30. The molecule has 6 atom stereocenters. The third-order valence-corrected chi connectivity index (χ3v) is 21.2. The van der Waals surface area contributed by atoms with Gasteiger partial charge in [0.05, 0.1) is 26.4 Å². The SMILES string of the molecule is CCCCCCCCCCCCCCCCCCCCCCC(=O)O[C@H](COC(=O)CCCCCCCCCCCCCCCCCCC(C)C)COP(=O)(O)OC[C@@H](O)COP(=O)(O)OC[C@@H](COC(=O)CCCCCCCCC(C)CC)OC(=O)CCCCCCCCCCCCC. The molecule has 0 rings (SSSR count). The molecule has 0 aromatic carbocycles. The molecule has 17 nitrogen and oxygen atoms in total. The first-order chi connectivity index (χ1) is 48.4. The standard InChI is InChI=1S/C81H158O17P2/c1-7-10-12-14-16-18-20-21-22-23-24-25-26-31-34-38-42-46-54-60-66-81(86)97-76(69-91-78(83)63-57-51-44-40-37-33-30-28-27-29-32-36-39-43-49-55-61-73(4)5)71-95-99(87,88)93-67-75(82)68-94-100(89,90)96-72-77(70-92-79(84)64-58-52-48-47-50-56-62-74(6)9-3)98-80(85)65-59-53-45-41-35-19-17-15-13-11-8-2/h73-77,82H,7-72H2,1-6H3,(H,87,88)(H,89,90)/t74?,75-,76-,77-/m1/s1. The van der Waals surface area contributed by atoms with Gasteiger partial charge in [-0.15, -0.1) is 0 Å². The summed E-state index contributed by atoms with van der Waals surface area (Å²) in [4.78, 5) is 73.0. The van der Waals surface area contributed by atoms with Gasteiger partial charge in [0, 0.05) is 25.7 Å². The van der Waals surface area contributed by atoms with Gasteiger partial charge in [0.1, 0.15) is 19.3 Å². The third kappa shape index (κ3) is 73.0. The molecule has 19 heteroatoms. The summed E-state index contributed by atoms with van der Waals surface area (Å²) in [5.74, 6) is -0.566. The molecular formula is C81H158O17P2. The number of phosphoric acid groups is 2. The highest BCUT2D eigenvalue weighted by Gasteiger charge is 2.30. The Labute approximate surface area is 613 Å². The van der Waals surface area contributed by atoms with E-state index in [4.69, 9.17) is 37.0 Å². The number of carbonyl (C=O) groups excluding carboxylic acids is 4. The number of carbonyl (C=O) groups is 4. The van der Waals surface area contributed by atoms with Crippen LogP contribution < -0.4 is 0 Å². The van der Waals surface area contributed by atoms with Crippen molar-refractivity contribution in [3.05, 3.63) is 0 Å². The summed E-state index contributed by atoms with van der Waals surface area (Å²) in [5.41, 5.74) is 0. The maximum absolute atomic E-state index is 13.1. The molecular weight excluding hydrogens is 1310 g/mol. The lowest BCUT2D eigenvalue weighted by Gasteiger charge is -2.21. The molecule has 100 heavy (non-hydrogen) atoms. The zero-order chi connectivity index (χ0) is 73.5. The van der Waals surface area contributed by atoms with Crippen LogP contribution in [0.25, 0.3) is 0 Å². The van der Waals surface area contributed by atoms with Crippen molar-refractivity contribution in [2.24, 2.45) is 11.8 Å². The number of unbranched alkanes of at least 4 members (excludes halogenated alkanes) is 49. The first kappa shape index (κ1) is 98.1. The summed E-state index contributed by atoms with van der Waals surface area (Å²) in [6, 6.07) is 0. The van der Waals surface area contributed by atoms with Crippen molar-refractivity contribution < 1.29 is 80.2 Å². The van der Waals surface area contributed by atoms with Crippen LogP contribution in [0, 0.1) is 11.8 Å². The van der Waals surface area contributed by atoms with E-state index in [1.807, 2.05) is 0 Å². The largest absolute Gasteiger partial charge is 0.472 e. The van der Waals surface area contributed by atoms with Gasteiger partial charge in [-0.05, 0) is 37.5 Å². The minimum atomic E-state index is -4.96. The van der Waals surface area contributed by atoms with Crippen LogP contribution in [0.15, 0.2) is 0 Å². The number of rotatable bonds is 80. The average molecular weight is 1470 g/mol. The second-order valence-electron chi connectivity index (χ2n) is 29.9. The number of hydrogen-bond acceptors (Lipinski definition) is 15. The molecule has 0 radical (unpaired) electrons. The Kier molecular flexibility index (Phi) is 71.2. The van der Waals surface area contributed by atoms with Gasteiger partial charge in [-0.25, -0.2) is 9.13 Å². The predicted octanol–water partition coefficient (Wildman–Crippen LogP) is 24.3. The molecule has 0 aliphatic heterocycles. The number of phosphoric ester groups is 2. The van der Waals surface area contributed by atoms with Crippen molar-refractivity contribution in [3.63, 3.8) is 0 Å². The molecule has 0 saturated carbocycles. The van der Waals surface area contributed by atoms with E-state index in [-0.39, 0.29) is 25.7 Å². The predicted molar refractivity (Wildman–Crippen MR) is 409 cm³/mol. The zero-order valence-corrected chi connectivity index (χ0v) is 67.3. The molecule has 0 spiro atoms. The minimum Gasteiger partial charge on any atom is -0.462 e. The van der Waals surface area contributed by atoms with E-state index in [9.17, 15) is 43.2 Å². The molecule has 0 saturated heterocycles.